The van der Waals surface area contributed by atoms with Gasteiger partial charge in [0.05, 0.1) is 19.3 Å². The molecule has 1 heterocycles. The highest BCUT2D eigenvalue weighted by Crippen LogP contribution is 2.26. The first-order valence-corrected chi connectivity index (χ1v) is 6.81. The maximum atomic E-state index is 11.5. The largest absolute Gasteiger partial charge is 0.496 e. The minimum Gasteiger partial charge on any atom is -0.496 e. The lowest BCUT2D eigenvalue weighted by Crippen LogP contribution is -2.39. The highest BCUT2D eigenvalue weighted by atomic mass is 16.5. The number of nitrogens with zero attached hydrogens (tertiary/aromatic N) is 1. The van der Waals surface area contributed by atoms with Crippen LogP contribution in [0.1, 0.15) is 29.3 Å². The summed E-state index contributed by atoms with van der Waals surface area (Å²) in [6, 6.07) is 4.70. The van der Waals surface area contributed by atoms with Crippen molar-refractivity contribution in [3.8, 4) is 5.75 Å². The van der Waals surface area contributed by atoms with Crippen LogP contribution in [-0.2, 0) is 11.3 Å². The second-order valence-corrected chi connectivity index (χ2v) is 5.32. The Labute approximate surface area is 123 Å². The molecule has 1 aromatic rings. The number of hydrogen-bond acceptors (Lipinski definition) is 5. The minimum atomic E-state index is -0.565. The Kier molecular flexibility index (Phi) is 4.59. The molecule has 2 rings (SSSR count). The summed E-state index contributed by atoms with van der Waals surface area (Å²) in [6.45, 7) is 2.27. The fraction of sp³-hybridized carbons (Fsp3) is 0.467. The van der Waals surface area contributed by atoms with Gasteiger partial charge in [-0.2, -0.15) is 0 Å². The number of benzene rings is 1. The molecule has 0 aliphatic carbocycles. The monoisotopic (exact) mass is 292 g/mol. The predicted molar refractivity (Wildman–Crippen MR) is 77.0 cm³/mol. The number of carbonyl (C=O) groups excluding carboxylic acids is 2. The van der Waals surface area contributed by atoms with Crippen LogP contribution < -0.4 is 10.5 Å². The van der Waals surface area contributed by atoms with Crippen molar-refractivity contribution in [1.29, 1.82) is 0 Å². The maximum absolute atomic E-state index is 11.5. The van der Waals surface area contributed by atoms with Crippen LogP contribution in [0.25, 0.3) is 0 Å². The lowest BCUT2D eigenvalue weighted by molar-refractivity contribution is -0.122. The smallest absolute Gasteiger partial charge is 0.234 e. The van der Waals surface area contributed by atoms with E-state index in [0.717, 1.165) is 5.56 Å². The van der Waals surface area contributed by atoms with E-state index < -0.39 is 18.1 Å². The lowest BCUT2D eigenvalue weighted by Gasteiger charge is -2.22. The van der Waals surface area contributed by atoms with Crippen molar-refractivity contribution in [3.63, 3.8) is 0 Å². The molecule has 0 aromatic heterocycles. The van der Waals surface area contributed by atoms with Crippen LogP contribution in [-0.4, -0.2) is 47.5 Å². The van der Waals surface area contributed by atoms with E-state index in [-0.39, 0.29) is 5.78 Å². The van der Waals surface area contributed by atoms with Gasteiger partial charge in [0.25, 0.3) is 0 Å². The van der Waals surface area contributed by atoms with Crippen molar-refractivity contribution >= 4 is 11.7 Å². The molecule has 21 heavy (non-hydrogen) atoms. The van der Waals surface area contributed by atoms with E-state index in [4.69, 9.17) is 10.5 Å². The Morgan fingerprint density at radius 3 is 2.76 bits per heavy atom. The van der Waals surface area contributed by atoms with Crippen LogP contribution in [0, 0.1) is 0 Å². The van der Waals surface area contributed by atoms with Gasteiger partial charge < -0.3 is 15.6 Å². The number of aliphatic hydroxyl groups is 1. The molecule has 1 amide bonds. The molecule has 0 bridgehead atoms. The van der Waals surface area contributed by atoms with Crippen LogP contribution in [0.5, 0.6) is 5.75 Å². The number of carbonyl (C=O) groups is 2. The zero-order valence-corrected chi connectivity index (χ0v) is 12.2. The molecule has 114 valence electrons. The number of ketones is 1. The molecule has 1 aromatic carbocycles. The highest BCUT2D eigenvalue weighted by Gasteiger charge is 2.35. The Bertz CT molecular complexity index is 559. The quantitative estimate of drug-likeness (QED) is 0.762. The number of β-amino-alcohol motifs (C(OH)–C–C–N with tert-alkyl or cyclic N) is 1. The molecule has 0 saturated carbocycles. The van der Waals surface area contributed by atoms with E-state index in [1.54, 1.807) is 25.3 Å². The van der Waals surface area contributed by atoms with Crippen molar-refractivity contribution in [3.05, 3.63) is 29.3 Å². The maximum Gasteiger partial charge on any atom is 0.234 e. The molecule has 3 N–H and O–H groups in total. The van der Waals surface area contributed by atoms with Crippen molar-refractivity contribution in [2.75, 3.05) is 13.7 Å². The standard InChI is InChI=1S/C15H20N2O4/c1-9(18)10-3-4-14(21-2)11(5-10)7-17-8-12(19)6-13(17)15(16)20/h3-5,12-13,19H,6-8H2,1-2H3,(H2,16,20)/t12-,13-/m1/s1. The summed E-state index contributed by atoms with van der Waals surface area (Å²) in [6.07, 6.45) is -0.228. The summed E-state index contributed by atoms with van der Waals surface area (Å²) in [4.78, 5) is 24.8. The van der Waals surface area contributed by atoms with Gasteiger partial charge >= 0.3 is 0 Å². The summed E-state index contributed by atoms with van der Waals surface area (Å²) in [5, 5.41) is 9.73. The highest BCUT2D eigenvalue weighted by molar-refractivity contribution is 5.94. The Hall–Kier alpha value is -1.92. The Balaban J connectivity index is 2.27. The van der Waals surface area contributed by atoms with Gasteiger partial charge in [-0.25, -0.2) is 0 Å². The van der Waals surface area contributed by atoms with Gasteiger partial charge in [-0.15, -0.1) is 0 Å². The van der Waals surface area contributed by atoms with Crippen molar-refractivity contribution in [1.82, 2.24) is 4.90 Å². The number of aliphatic hydroxyl groups excluding tert-OH is 1. The first-order valence-electron chi connectivity index (χ1n) is 6.81. The zero-order valence-electron chi connectivity index (χ0n) is 12.2. The normalized spacial score (nSPS) is 22.2. The van der Waals surface area contributed by atoms with Gasteiger partial charge in [0.15, 0.2) is 5.78 Å². The number of nitrogens with two attached hydrogens (primary N) is 1. The number of amides is 1. The number of ether oxygens (including phenoxy) is 1. The first-order chi connectivity index (χ1) is 9.92. The van der Waals surface area contributed by atoms with Crippen molar-refractivity contribution < 1.29 is 19.4 Å². The van der Waals surface area contributed by atoms with Crippen LogP contribution in [0.3, 0.4) is 0 Å². The van der Waals surface area contributed by atoms with Gasteiger partial charge in [-0.1, -0.05) is 0 Å². The van der Waals surface area contributed by atoms with Gasteiger partial charge in [0.2, 0.25) is 5.91 Å². The third-order valence-electron chi connectivity index (χ3n) is 3.77. The summed E-state index contributed by atoms with van der Waals surface area (Å²) in [5.41, 5.74) is 6.76. The first kappa shape index (κ1) is 15.5. The topological polar surface area (TPSA) is 92.9 Å². The van der Waals surface area contributed by atoms with E-state index in [1.165, 1.54) is 6.92 Å². The average Bonchev–Trinajstić information content (AvgIpc) is 2.79. The number of primary amides is 1. The van der Waals surface area contributed by atoms with E-state index in [1.807, 2.05) is 4.90 Å². The van der Waals surface area contributed by atoms with Gasteiger partial charge in [-0.3, -0.25) is 14.5 Å². The van der Waals surface area contributed by atoms with E-state index in [9.17, 15) is 14.7 Å². The van der Waals surface area contributed by atoms with Crippen LogP contribution in [0.2, 0.25) is 0 Å². The van der Waals surface area contributed by atoms with E-state index in [0.29, 0.717) is 30.8 Å². The molecule has 1 aliphatic rings. The Morgan fingerprint density at radius 2 is 2.19 bits per heavy atom. The molecular weight excluding hydrogens is 272 g/mol. The molecule has 1 fully saturated rings. The molecule has 0 radical (unpaired) electrons. The number of methoxy groups -OCH3 is 1. The molecular formula is C15H20N2O4. The summed E-state index contributed by atoms with van der Waals surface area (Å²) in [7, 11) is 1.55. The third kappa shape index (κ3) is 3.40. The molecule has 0 unspecified atom stereocenters. The molecule has 6 heteroatoms. The fourth-order valence-corrected chi connectivity index (χ4v) is 2.69. The average molecular weight is 292 g/mol. The van der Waals surface area contributed by atoms with Crippen molar-refractivity contribution in [2.45, 2.75) is 32.0 Å². The van der Waals surface area contributed by atoms with Crippen molar-refractivity contribution in [2.24, 2.45) is 5.73 Å². The second-order valence-electron chi connectivity index (χ2n) is 5.32. The van der Waals surface area contributed by atoms with Crippen LogP contribution in [0.15, 0.2) is 18.2 Å². The fourth-order valence-electron chi connectivity index (χ4n) is 2.69. The summed E-state index contributed by atoms with van der Waals surface area (Å²) >= 11 is 0. The molecule has 6 nitrogen and oxygen atoms in total. The minimum absolute atomic E-state index is 0.0354. The zero-order chi connectivity index (χ0) is 15.6. The SMILES string of the molecule is COc1ccc(C(C)=O)cc1CN1C[C@H](O)C[C@@H]1C(N)=O. The number of rotatable bonds is 5. The van der Waals surface area contributed by atoms with E-state index in [2.05, 4.69) is 0 Å². The third-order valence-corrected chi connectivity index (χ3v) is 3.77. The number of hydrogen-bond donors (Lipinski definition) is 2. The molecule has 2 atom stereocenters. The molecule has 1 saturated heterocycles. The van der Waals surface area contributed by atoms with Crippen LogP contribution >= 0.6 is 0 Å². The Morgan fingerprint density at radius 1 is 1.48 bits per heavy atom. The van der Waals surface area contributed by atoms with Gasteiger partial charge in [0.1, 0.15) is 5.75 Å². The number of likely N-dealkylation sites (tertiary alicyclic amines) is 1. The summed E-state index contributed by atoms with van der Waals surface area (Å²) in [5.74, 6) is 0.157. The molecule has 1 aliphatic heterocycles. The van der Waals surface area contributed by atoms with Crippen LogP contribution in [0.4, 0.5) is 0 Å². The molecule has 0 spiro atoms. The van der Waals surface area contributed by atoms with Gasteiger partial charge in [-0.05, 0) is 31.5 Å². The second kappa shape index (κ2) is 6.24. The number of Topliss-reactive ketones (excluding diaryl/α,β-unsaturated/α-hetero) is 1. The van der Waals surface area contributed by atoms with E-state index >= 15 is 0 Å². The van der Waals surface area contributed by atoms with Gasteiger partial charge in [0, 0.05) is 24.2 Å². The summed E-state index contributed by atoms with van der Waals surface area (Å²) < 4.78 is 5.30. The predicted octanol–water partition coefficient (Wildman–Crippen LogP) is 0.318. The lowest BCUT2D eigenvalue weighted by atomic mass is 10.1.